The van der Waals surface area contributed by atoms with Crippen LogP contribution >= 0.6 is 0 Å². The molecule has 346 valence electrons. The highest BCUT2D eigenvalue weighted by Gasteiger charge is 2.31. The van der Waals surface area contributed by atoms with Gasteiger partial charge in [-0.3, -0.25) is 48.4 Å². The Morgan fingerprint density at radius 2 is 1.06 bits per heavy atom. The van der Waals surface area contributed by atoms with E-state index in [4.69, 9.17) is 16.2 Å². The molecule has 1 fully saturated rings. The number of rotatable bonds is 23. The molecule has 4 amide bonds. The number of unbranched alkanes of at least 4 members (excludes halogenated alkanes) is 2. The molecule has 0 bridgehead atoms. The van der Waals surface area contributed by atoms with Gasteiger partial charge in [-0.15, -0.1) is 0 Å². The van der Waals surface area contributed by atoms with Crippen LogP contribution in [-0.4, -0.2) is 187 Å². The number of primary amides is 1. The molecular formula is C43H63N9O11. The molecule has 1 heterocycles. The lowest BCUT2D eigenvalue weighted by Crippen LogP contribution is -2.53. The van der Waals surface area contributed by atoms with Gasteiger partial charge in [0.15, 0.2) is 0 Å². The number of nitrogens with one attached hydrogen (secondary N) is 3. The van der Waals surface area contributed by atoms with Crippen molar-refractivity contribution in [2.24, 2.45) is 11.5 Å². The molecular weight excluding hydrogens is 819 g/mol. The fraction of sp³-hybridized carbons (Fsp3) is 0.558. The molecule has 1 saturated heterocycles. The summed E-state index contributed by atoms with van der Waals surface area (Å²) in [5, 5.41) is 36.5. The van der Waals surface area contributed by atoms with Gasteiger partial charge in [0.2, 0.25) is 17.7 Å². The number of amides is 4. The van der Waals surface area contributed by atoms with Crippen LogP contribution in [0.25, 0.3) is 11.1 Å². The second-order valence-electron chi connectivity index (χ2n) is 15.9. The van der Waals surface area contributed by atoms with E-state index in [-0.39, 0.29) is 103 Å². The maximum absolute atomic E-state index is 13.5. The topological polar surface area (TPSA) is 290 Å². The normalized spacial score (nSPS) is 16.6. The summed E-state index contributed by atoms with van der Waals surface area (Å²) in [4.78, 5) is 93.6. The van der Waals surface area contributed by atoms with Crippen LogP contribution < -0.4 is 27.4 Å². The minimum atomic E-state index is -1.05. The van der Waals surface area contributed by atoms with Crippen molar-refractivity contribution in [2.45, 2.75) is 56.5 Å². The maximum Gasteiger partial charge on any atom is 0.407 e. The number of hydrogen-bond donors (Lipinski definition) is 8. The van der Waals surface area contributed by atoms with E-state index in [1.165, 1.54) is 0 Å². The van der Waals surface area contributed by atoms with Crippen molar-refractivity contribution in [1.82, 2.24) is 35.6 Å². The molecule has 2 atom stereocenters. The smallest absolute Gasteiger partial charge is 0.407 e. The third-order valence-corrected chi connectivity index (χ3v) is 11.2. The summed E-state index contributed by atoms with van der Waals surface area (Å²) < 4.78 is 5.67. The maximum atomic E-state index is 13.5. The van der Waals surface area contributed by atoms with Crippen molar-refractivity contribution in [3.63, 3.8) is 0 Å². The first-order valence-corrected chi connectivity index (χ1v) is 21.5. The largest absolute Gasteiger partial charge is 0.480 e. The molecule has 4 rings (SSSR count). The molecule has 0 radical (unpaired) electrons. The molecule has 0 unspecified atom stereocenters. The van der Waals surface area contributed by atoms with Gasteiger partial charge in [0.1, 0.15) is 18.7 Å². The number of aliphatic carboxylic acids is 3. The lowest BCUT2D eigenvalue weighted by Gasteiger charge is -2.32. The van der Waals surface area contributed by atoms with E-state index in [1.54, 1.807) is 14.7 Å². The minimum absolute atomic E-state index is 0.0465. The molecule has 2 aromatic rings. The Morgan fingerprint density at radius 1 is 0.619 bits per heavy atom. The van der Waals surface area contributed by atoms with Gasteiger partial charge in [-0.1, -0.05) is 48.5 Å². The number of carboxylic acids is 3. The van der Waals surface area contributed by atoms with Crippen molar-refractivity contribution in [2.75, 3.05) is 98.2 Å². The molecule has 20 heteroatoms. The number of alkyl carbamates (subject to hydrolysis) is 1. The van der Waals surface area contributed by atoms with Gasteiger partial charge in [-0.05, 0) is 67.3 Å². The minimum Gasteiger partial charge on any atom is -0.480 e. The lowest BCUT2D eigenvalue weighted by molar-refractivity contribution is -0.140. The summed E-state index contributed by atoms with van der Waals surface area (Å²) in [6.45, 7) is 2.00. The highest BCUT2D eigenvalue weighted by Crippen LogP contribution is 2.44. The van der Waals surface area contributed by atoms with Crippen molar-refractivity contribution >= 4 is 41.7 Å². The predicted octanol–water partition coefficient (Wildman–Crippen LogP) is -0.245. The first-order chi connectivity index (χ1) is 30.2. The average molecular weight is 882 g/mol. The van der Waals surface area contributed by atoms with E-state index in [9.17, 15) is 48.9 Å². The highest BCUT2D eigenvalue weighted by atomic mass is 16.5. The Kier molecular flexibility index (Phi) is 20.7. The average Bonchev–Trinajstić information content (AvgIpc) is 3.55. The van der Waals surface area contributed by atoms with E-state index in [1.807, 2.05) is 53.4 Å². The Labute approximate surface area is 367 Å². The fourth-order valence-corrected chi connectivity index (χ4v) is 7.85. The van der Waals surface area contributed by atoms with Gasteiger partial charge in [0, 0.05) is 64.8 Å². The number of carboxylic acid groups (broad SMARTS) is 3. The first-order valence-electron chi connectivity index (χ1n) is 21.5. The molecule has 10 N–H and O–H groups in total. The van der Waals surface area contributed by atoms with E-state index in [0.29, 0.717) is 45.3 Å². The predicted molar refractivity (Wildman–Crippen MR) is 232 cm³/mol. The summed E-state index contributed by atoms with van der Waals surface area (Å²) in [7, 11) is 0. The van der Waals surface area contributed by atoms with Gasteiger partial charge in [0.25, 0.3) is 0 Å². The zero-order valence-electron chi connectivity index (χ0n) is 35.8. The number of fused-ring (bicyclic) bond motifs is 3. The third-order valence-electron chi connectivity index (χ3n) is 11.2. The van der Waals surface area contributed by atoms with Crippen LogP contribution in [0.5, 0.6) is 0 Å². The highest BCUT2D eigenvalue weighted by molar-refractivity contribution is 5.90. The number of nitrogens with zero attached hydrogens (tertiary/aromatic N) is 4. The Hall–Kier alpha value is -5.67. The molecule has 20 nitrogen and oxygen atoms in total. The van der Waals surface area contributed by atoms with Crippen molar-refractivity contribution in [3.05, 3.63) is 59.7 Å². The van der Waals surface area contributed by atoms with Crippen LogP contribution in [0.2, 0.25) is 0 Å². The molecule has 63 heavy (non-hydrogen) atoms. The van der Waals surface area contributed by atoms with Gasteiger partial charge < -0.3 is 47.5 Å². The summed E-state index contributed by atoms with van der Waals surface area (Å²) in [5.74, 6) is -4.98. The second-order valence-corrected chi connectivity index (χ2v) is 15.9. The monoisotopic (exact) mass is 881 g/mol. The van der Waals surface area contributed by atoms with E-state index >= 15 is 0 Å². The number of nitrogens with two attached hydrogens (primary N) is 2. The van der Waals surface area contributed by atoms with E-state index in [2.05, 4.69) is 16.0 Å². The van der Waals surface area contributed by atoms with Gasteiger partial charge in [-0.2, -0.15) is 0 Å². The Morgan fingerprint density at radius 3 is 1.52 bits per heavy atom. The quantitative estimate of drug-likeness (QED) is 0.0668. The molecule has 1 aliphatic heterocycles. The SMILES string of the molecule is NCCCC[C@H](NC(=O)OCC1c2ccccc2-c2ccccc21)C(=O)N[C@@H](CCCCNC(=O)CN1CCN(CC(=O)O)CCN(CC(=O)O)CCN(CC(=O)O)CC1)C(N)=O. The van der Waals surface area contributed by atoms with Crippen molar-refractivity contribution in [1.29, 1.82) is 0 Å². The van der Waals surface area contributed by atoms with Gasteiger partial charge in [-0.25, -0.2) is 4.79 Å². The number of carbonyl (C=O) groups is 7. The Balaban J connectivity index is 1.26. The zero-order valence-corrected chi connectivity index (χ0v) is 35.8. The second kappa shape index (κ2) is 26.1. The number of hydrogen-bond acceptors (Lipinski definition) is 13. The van der Waals surface area contributed by atoms with Crippen LogP contribution in [0, 0.1) is 0 Å². The van der Waals surface area contributed by atoms with Crippen LogP contribution in [0.15, 0.2) is 48.5 Å². The summed E-state index contributed by atoms with van der Waals surface area (Å²) in [6, 6.07) is 13.8. The standard InChI is InChI=1S/C43H63N9O11/c44-15-7-5-14-36(48-43(62)63-29-34-32-11-3-1-9-30(32)31-10-2-4-12-33(31)34)42(61)47-35(41(45)60)13-6-8-16-46-37(53)25-49-17-19-50(26-38(54)55)21-23-52(28-40(58)59)24-22-51(20-18-49)27-39(56)57/h1-4,9-12,34-36H,5-8,13-29,44H2,(H2,45,60)(H,46,53)(H,47,61)(H,48,62)(H,54,55)(H,56,57)(H,58,59)/t35-,36-/m0/s1. The molecule has 1 aliphatic carbocycles. The van der Waals surface area contributed by atoms with Gasteiger partial charge in [0.05, 0.1) is 26.2 Å². The number of benzene rings is 2. The van der Waals surface area contributed by atoms with Crippen molar-refractivity contribution in [3.8, 4) is 11.1 Å². The number of carbonyl (C=O) groups excluding carboxylic acids is 4. The molecule has 0 aromatic heterocycles. The molecule has 2 aromatic carbocycles. The Bertz CT molecular complexity index is 1790. The zero-order chi connectivity index (χ0) is 45.7. The van der Waals surface area contributed by atoms with E-state index in [0.717, 1.165) is 22.3 Å². The van der Waals surface area contributed by atoms with Crippen LogP contribution in [-0.2, 0) is 33.5 Å². The molecule has 0 spiro atoms. The molecule has 0 saturated carbocycles. The van der Waals surface area contributed by atoms with Gasteiger partial charge >= 0.3 is 24.0 Å². The van der Waals surface area contributed by atoms with Crippen LogP contribution in [0.1, 0.15) is 55.6 Å². The van der Waals surface area contributed by atoms with E-state index < -0.39 is 47.9 Å². The summed E-state index contributed by atoms with van der Waals surface area (Å²) in [6.07, 6.45) is 1.64. The number of ether oxygens (including phenoxy) is 1. The lowest BCUT2D eigenvalue weighted by atomic mass is 9.98. The molecule has 2 aliphatic rings. The fourth-order valence-electron chi connectivity index (χ4n) is 7.85. The summed E-state index contributed by atoms with van der Waals surface area (Å²) >= 11 is 0. The van der Waals surface area contributed by atoms with Crippen LogP contribution in [0.4, 0.5) is 4.79 Å². The summed E-state index contributed by atoms with van der Waals surface area (Å²) in [5.41, 5.74) is 15.6. The third kappa shape index (κ3) is 17.2. The van der Waals surface area contributed by atoms with Crippen molar-refractivity contribution < 1.29 is 53.6 Å². The first kappa shape index (κ1) is 50.0. The van der Waals surface area contributed by atoms with Crippen LogP contribution in [0.3, 0.4) is 0 Å².